The van der Waals surface area contributed by atoms with E-state index in [0.717, 1.165) is 12.1 Å². The predicted octanol–water partition coefficient (Wildman–Crippen LogP) is 3.20. The minimum atomic E-state index is -4.46. The highest BCUT2D eigenvalue weighted by Crippen LogP contribution is 2.31. The predicted molar refractivity (Wildman–Crippen MR) is 85.8 cm³/mol. The van der Waals surface area contributed by atoms with E-state index in [1.54, 1.807) is 11.6 Å². The Morgan fingerprint density at radius 3 is 2.84 bits per heavy atom. The zero-order valence-corrected chi connectivity index (χ0v) is 13.6. The number of benzene rings is 1. The van der Waals surface area contributed by atoms with Crippen molar-refractivity contribution in [3.63, 3.8) is 0 Å². The van der Waals surface area contributed by atoms with Gasteiger partial charge in [-0.25, -0.2) is 4.68 Å². The Labute approximate surface area is 141 Å². The summed E-state index contributed by atoms with van der Waals surface area (Å²) in [5.41, 5.74) is 0.243. The fourth-order valence-corrected chi connectivity index (χ4v) is 2.47. The Morgan fingerprint density at radius 2 is 2.16 bits per heavy atom. The van der Waals surface area contributed by atoms with Crippen molar-refractivity contribution < 1.29 is 18.0 Å². The molecule has 0 aliphatic carbocycles. The van der Waals surface area contributed by atoms with Crippen molar-refractivity contribution in [2.24, 2.45) is 0 Å². The monoisotopic (exact) mass is 351 g/mol. The first-order chi connectivity index (χ1) is 11.8. The Kier molecular flexibility index (Phi) is 4.23. The van der Waals surface area contributed by atoms with E-state index >= 15 is 0 Å². The standard InChI is InChI=1S/C16H16F3N5O/c1-3-13-22-15-20-9(2)12(8-24(15)23-13)14(25)21-11-6-4-5-10(7-11)16(17,18)19/h4-7H,3,8H2,1-2H3,(H,21,25)(H,20,22,23). The number of alkyl halides is 3. The van der Waals surface area contributed by atoms with E-state index in [-0.39, 0.29) is 12.2 Å². The van der Waals surface area contributed by atoms with Crippen molar-refractivity contribution in [2.45, 2.75) is 33.0 Å². The molecule has 1 aliphatic heterocycles. The van der Waals surface area contributed by atoms with Crippen LogP contribution in [0, 0.1) is 0 Å². The summed E-state index contributed by atoms with van der Waals surface area (Å²) < 4.78 is 39.9. The molecule has 2 heterocycles. The molecule has 3 rings (SSSR count). The Bertz CT molecular complexity index is 854. The lowest BCUT2D eigenvalue weighted by atomic mass is 10.1. The molecular weight excluding hydrogens is 335 g/mol. The number of hydrogen-bond donors (Lipinski definition) is 2. The molecular formula is C16H16F3N5O. The van der Waals surface area contributed by atoms with Crippen LogP contribution in [0.1, 0.15) is 25.2 Å². The molecule has 0 saturated carbocycles. The third-order valence-corrected chi connectivity index (χ3v) is 3.81. The van der Waals surface area contributed by atoms with E-state index < -0.39 is 17.6 Å². The van der Waals surface area contributed by atoms with Crippen LogP contribution in [0.3, 0.4) is 0 Å². The van der Waals surface area contributed by atoms with Gasteiger partial charge in [0.15, 0.2) is 5.82 Å². The number of carbonyl (C=O) groups excluding carboxylic acids is 1. The smallest absolute Gasteiger partial charge is 0.328 e. The van der Waals surface area contributed by atoms with Crippen LogP contribution in [-0.2, 0) is 23.9 Å². The normalized spacial score (nSPS) is 14.1. The van der Waals surface area contributed by atoms with E-state index in [1.807, 2.05) is 6.92 Å². The van der Waals surface area contributed by atoms with Crippen LogP contribution in [-0.4, -0.2) is 20.7 Å². The third-order valence-electron chi connectivity index (χ3n) is 3.81. The van der Waals surface area contributed by atoms with Gasteiger partial charge >= 0.3 is 6.18 Å². The molecule has 0 unspecified atom stereocenters. The van der Waals surface area contributed by atoms with Crippen LogP contribution in [0.4, 0.5) is 24.8 Å². The minimum Gasteiger partial charge on any atom is -0.328 e. The van der Waals surface area contributed by atoms with Crippen LogP contribution < -0.4 is 10.6 Å². The molecule has 0 radical (unpaired) electrons. The fourth-order valence-electron chi connectivity index (χ4n) is 2.47. The Balaban J connectivity index is 1.79. The van der Waals surface area contributed by atoms with Gasteiger partial charge in [0.1, 0.15) is 0 Å². The number of fused-ring (bicyclic) bond motifs is 1. The molecule has 1 aromatic heterocycles. The van der Waals surface area contributed by atoms with Crippen molar-refractivity contribution in [2.75, 3.05) is 10.6 Å². The molecule has 0 saturated heterocycles. The molecule has 9 heteroatoms. The molecule has 1 aromatic carbocycles. The number of allylic oxidation sites excluding steroid dienone is 1. The molecule has 6 nitrogen and oxygen atoms in total. The number of anilines is 2. The van der Waals surface area contributed by atoms with Crippen molar-refractivity contribution in [1.82, 2.24) is 14.8 Å². The summed E-state index contributed by atoms with van der Waals surface area (Å²) in [6.45, 7) is 3.83. The highest BCUT2D eigenvalue weighted by atomic mass is 19.4. The van der Waals surface area contributed by atoms with Gasteiger partial charge in [0.25, 0.3) is 5.91 Å². The summed E-state index contributed by atoms with van der Waals surface area (Å²) in [4.78, 5) is 16.8. The van der Waals surface area contributed by atoms with E-state index in [4.69, 9.17) is 0 Å². The molecule has 0 spiro atoms. The van der Waals surface area contributed by atoms with E-state index in [0.29, 0.717) is 29.5 Å². The van der Waals surface area contributed by atoms with Gasteiger partial charge in [-0.1, -0.05) is 13.0 Å². The van der Waals surface area contributed by atoms with E-state index in [9.17, 15) is 18.0 Å². The number of aromatic nitrogens is 3. The van der Waals surface area contributed by atoms with Gasteiger partial charge in [-0.05, 0) is 25.1 Å². The second-order valence-corrected chi connectivity index (χ2v) is 5.62. The highest BCUT2D eigenvalue weighted by Gasteiger charge is 2.30. The van der Waals surface area contributed by atoms with Crippen molar-refractivity contribution in [3.8, 4) is 0 Å². The number of hydrogen-bond acceptors (Lipinski definition) is 4. The number of aryl methyl sites for hydroxylation is 1. The minimum absolute atomic E-state index is 0.0822. The lowest BCUT2D eigenvalue weighted by Crippen LogP contribution is -2.26. The van der Waals surface area contributed by atoms with E-state index in [1.165, 1.54) is 12.1 Å². The number of nitrogens with one attached hydrogen (secondary N) is 2. The summed E-state index contributed by atoms with van der Waals surface area (Å²) in [7, 11) is 0. The second kappa shape index (κ2) is 6.23. The zero-order chi connectivity index (χ0) is 18.2. The molecule has 2 N–H and O–H groups in total. The number of nitrogens with zero attached hydrogens (tertiary/aromatic N) is 3. The topological polar surface area (TPSA) is 71.8 Å². The Hall–Kier alpha value is -2.84. The molecule has 0 atom stereocenters. The SMILES string of the molecule is CCc1nc2n(n1)CC(C(=O)Nc1cccc(C(F)(F)F)c1)=C(C)N2. The van der Waals surface area contributed by atoms with Crippen LogP contribution in [0.2, 0.25) is 0 Å². The second-order valence-electron chi connectivity index (χ2n) is 5.62. The van der Waals surface area contributed by atoms with Gasteiger partial charge in [0, 0.05) is 17.8 Å². The average molecular weight is 351 g/mol. The maximum atomic E-state index is 12.8. The molecule has 2 aromatic rings. The molecule has 132 valence electrons. The average Bonchev–Trinajstić information content (AvgIpc) is 2.95. The molecule has 1 amide bonds. The van der Waals surface area contributed by atoms with E-state index in [2.05, 4.69) is 20.7 Å². The largest absolute Gasteiger partial charge is 0.416 e. The summed E-state index contributed by atoms with van der Waals surface area (Å²) in [5.74, 6) is 0.711. The summed E-state index contributed by atoms with van der Waals surface area (Å²) in [6.07, 6.45) is -3.80. The van der Waals surface area contributed by atoms with Gasteiger partial charge in [-0.15, -0.1) is 0 Å². The van der Waals surface area contributed by atoms with Gasteiger partial charge in [0.05, 0.1) is 17.7 Å². The van der Waals surface area contributed by atoms with Gasteiger partial charge < -0.3 is 10.6 Å². The van der Waals surface area contributed by atoms with Crippen molar-refractivity contribution in [3.05, 3.63) is 46.9 Å². The first kappa shape index (κ1) is 17.0. The molecule has 0 bridgehead atoms. The fraction of sp³-hybridized carbons (Fsp3) is 0.312. The summed E-state index contributed by atoms with van der Waals surface area (Å²) in [5, 5.41) is 9.77. The van der Waals surface area contributed by atoms with Crippen LogP contribution >= 0.6 is 0 Å². The molecule has 0 fully saturated rings. The molecule has 25 heavy (non-hydrogen) atoms. The van der Waals surface area contributed by atoms with Gasteiger partial charge in [-0.2, -0.15) is 23.3 Å². The maximum Gasteiger partial charge on any atom is 0.416 e. The summed E-state index contributed by atoms with van der Waals surface area (Å²) in [6, 6.07) is 4.52. The van der Waals surface area contributed by atoms with Crippen molar-refractivity contribution >= 4 is 17.5 Å². The van der Waals surface area contributed by atoms with Gasteiger partial charge in [-0.3, -0.25) is 4.79 Å². The number of rotatable bonds is 3. The first-order valence-electron chi connectivity index (χ1n) is 7.67. The van der Waals surface area contributed by atoms with Crippen molar-refractivity contribution in [1.29, 1.82) is 0 Å². The van der Waals surface area contributed by atoms with Crippen LogP contribution in [0.25, 0.3) is 0 Å². The third kappa shape index (κ3) is 3.49. The number of halogens is 3. The quantitative estimate of drug-likeness (QED) is 0.891. The van der Waals surface area contributed by atoms with Gasteiger partial charge in [0.2, 0.25) is 5.95 Å². The first-order valence-corrected chi connectivity index (χ1v) is 7.67. The summed E-state index contributed by atoms with van der Waals surface area (Å²) >= 11 is 0. The van der Waals surface area contributed by atoms with Crippen LogP contribution in [0.15, 0.2) is 35.5 Å². The lowest BCUT2D eigenvalue weighted by molar-refractivity contribution is -0.137. The lowest BCUT2D eigenvalue weighted by Gasteiger charge is -2.19. The maximum absolute atomic E-state index is 12.8. The molecule has 1 aliphatic rings. The highest BCUT2D eigenvalue weighted by molar-refractivity contribution is 6.04. The number of carbonyl (C=O) groups is 1. The zero-order valence-electron chi connectivity index (χ0n) is 13.6. The Morgan fingerprint density at radius 1 is 1.40 bits per heavy atom. The number of amides is 1. The van der Waals surface area contributed by atoms with Crippen LogP contribution in [0.5, 0.6) is 0 Å².